The van der Waals surface area contributed by atoms with E-state index in [0.29, 0.717) is 0 Å². The summed E-state index contributed by atoms with van der Waals surface area (Å²) < 4.78 is 9.74. The Balaban J connectivity index is 1.55. The van der Waals surface area contributed by atoms with Crippen LogP contribution in [0, 0.1) is 0 Å². The molecule has 7 aromatic rings. The van der Waals surface area contributed by atoms with Gasteiger partial charge < -0.3 is 8.98 Å². The summed E-state index contributed by atoms with van der Waals surface area (Å²) in [5.74, 6) is 0. The van der Waals surface area contributed by atoms with Gasteiger partial charge in [0.15, 0.2) is 0 Å². The number of nitrogens with zero attached hydrogens (tertiary/aromatic N) is 1. The van der Waals surface area contributed by atoms with Crippen molar-refractivity contribution in [2.45, 2.75) is 0 Å². The molecule has 0 radical (unpaired) electrons. The Hall–Kier alpha value is -3.82. The molecule has 2 heterocycles. The molecule has 3 heteroatoms. The van der Waals surface area contributed by atoms with Crippen LogP contribution in [0.3, 0.4) is 0 Å². The SMILES string of the molecule is Brc1ccc2c(c1)oc1c(-c3ccc4c5ccccc5n(-c5ccccc5)c4c3)cccc12. The van der Waals surface area contributed by atoms with Crippen LogP contribution in [-0.2, 0) is 0 Å². The predicted molar refractivity (Wildman–Crippen MR) is 141 cm³/mol. The number of halogens is 1. The first-order valence-corrected chi connectivity index (χ1v) is 11.8. The molecule has 0 amide bonds. The minimum Gasteiger partial charge on any atom is -0.455 e. The van der Waals surface area contributed by atoms with Crippen molar-refractivity contribution in [2.75, 3.05) is 0 Å². The lowest BCUT2D eigenvalue weighted by atomic mass is 10.0. The van der Waals surface area contributed by atoms with Crippen LogP contribution in [0.4, 0.5) is 0 Å². The van der Waals surface area contributed by atoms with Crippen molar-refractivity contribution in [2.24, 2.45) is 0 Å². The second kappa shape index (κ2) is 7.09. The van der Waals surface area contributed by atoms with Crippen molar-refractivity contribution in [1.82, 2.24) is 4.57 Å². The standard InChI is InChI=1S/C30H18BrNO/c31-20-14-16-25-26-11-6-10-22(30(26)33-29(25)18-20)19-13-15-24-23-9-4-5-12-27(23)32(28(24)17-19)21-7-2-1-3-8-21/h1-18H. The van der Waals surface area contributed by atoms with Crippen molar-refractivity contribution in [3.05, 3.63) is 114 Å². The first-order chi connectivity index (χ1) is 16.3. The van der Waals surface area contributed by atoms with Crippen LogP contribution >= 0.6 is 15.9 Å². The average Bonchev–Trinajstić information content (AvgIpc) is 3.39. The molecule has 0 fully saturated rings. The van der Waals surface area contributed by atoms with Gasteiger partial charge in [-0.15, -0.1) is 0 Å². The predicted octanol–water partition coefficient (Wildman–Crippen LogP) is 9.11. The molecule has 0 unspecified atom stereocenters. The van der Waals surface area contributed by atoms with Gasteiger partial charge >= 0.3 is 0 Å². The summed E-state index contributed by atoms with van der Waals surface area (Å²) in [7, 11) is 0. The van der Waals surface area contributed by atoms with Crippen molar-refractivity contribution < 1.29 is 4.42 Å². The molecule has 5 aromatic carbocycles. The molecule has 2 nitrogen and oxygen atoms in total. The van der Waals surface area contributed by atoms with E-state index in [1.807, 2.05) is 6.07 Å². The third-order valence-electron chi connectivity index (χ3n) is 6.46. The number of furan rings is 1. The van der Waals surface area contributed by atoms with Gasteiger partial charge in [0.25, 0.3) is 0 Å². The zero-order valence-corrected chi connectivity index (χ0v) is 19.2. The van der Waals surface area contributed by atoms with Gasteiger partial charge in [0.2, 0.25) is 0 Å². The highest BCUT2D eigenvalue weighted by molar-refractivity contribution is 9.10. The number of aromatic nitrogens is 1. The van der Waals surface area contributed by atoms with Gasteiger partial charge in [0, 0.05) is 37.3 Å². The Morgan fingerprint density at radius 1 is 0.576 bits per heavy atom. The molecule has 0 atom stereocenters. The molecule has 156 valence electrons. The molecule has 0 aliphatic heterocycles. The second-order valence-corrected chi connectivity index (χ2v) is 9.26. The van der Waals surface area contributed by atoms with Crippen LogP contribution < -0.4 is 0 Å². The van der Waals surface area contributed by atoms with E-state index >= 15 is 0 Å². The molecular formula is C30H18BrNO. The van der Waals surface area contributed by atoms with Crippen LogP contribution in [-0.4, -0.2) is 4.57 Å². The van der Waals surface area contributed by atoms with Gasteiger partial charge in [-0.25, -0.2) is 0 Å². The highest BCUT2D eigenvalue weighted by Crippen LogP contribution is 2.39. The Morgan fingerprint density at radius 2 is 1.33 bits per heavy atom. The summed E-state index contributed by atoms with van der Waals surface area (Å²) in [5.41, 5.74) is 7.63. The smallest absolute Gasteiger partial charge is 0.143 e. The van der Waals surface area contributed by atoms with Crippen LogP contribution in [0.5, 0.6) is 0 Å². The molecule has 0 saturated heterocycles. The first-order valence-electron chi connectivity index (χ1n) is 11.0. The summed E-state index contributed by atoms with van der Waals surface area (Å²) in [6.45, 7) is 0. The van der Waals surface area contributed by atoms with E-state index in [9.17, 15) is 0 Å². The molecule has 0 saturated carbocycles. The lowest BCUT2D eigenvalue weighted by molar-refractivity contribution is 0.670. The quantitative estimate of drug-likeness (QED) is 0.237. The highest BCUT2D eigenvalue weighted by Gasteiger charge is 2.16. The van der Waals surface area contributed by atoms with E-state index in [4.69, 9.17) is 4.42 Å². The van der Waals surface area contributed by atoms with Crippen molar-refractivity contribution >= 4 is 59.7 Å². The molecule has 0 aliphatic rings. The summed E-state index contributed by atoms with van der Waals surface area (Å²) in [6.07, 6.45) is 0. The summed E-state index contributed by atoms with van der Waals surface area (Å²) in [5, 5.41) is 4.78. The van der Waals surface area contributed by atoms with Gasteiger partial charge in [-0.1, -0.05) is 82.7 Å². The maximum absolute atomic E-state index is 6.37. The van der Waals surface area contributed by atoms with Gasteiger partial charge in [-0.05, 0) is 48.0 Å². The van der Waals surface area contributed by atoms with E-state index in [-0.39, 0.29) is 0 Å². The molecule has 33 heavy (non-hydrogen) atoms. The number of fused-ring (bicyclic) bond motifs is 6. The Morgan fingerprint density at radius 3 is 2.24 bits per heavy atom. The van der Waals surface area contributed by atoms with E-state index < -0.39 is 0 Å². The largest absolute Gasteiger partial charge is 0.455 e. The van der Waals surface area contributed by atoms with Gasteiger partial charge in [-0.2, -0.15) is 0 Å². The van der Waals surface area contributed by atoms with Gasteiger partial charge in [0.05, 0.1) is 11.0 Å². The topological polar surface area (TPSA) is 18.1 Å². The fourth-order valence-corrected chi connectivity index (χ4v) is 5.33. The monoisotopic (exact) mass is 487 g/mol. The number of benzene rings is 5. The second-order valence-electron chi connectivity index (χ2n) is 8.34. The summed E-state index contributed by atoms with van der Waals surface area (Å²) in [6, 6.07) is 38.5. The summed E-state index contributed by atoms with van der Waals surface area (Å²) in [4.78, 5) is 0. The van der Waals surface area contributed by atoms with Crippen LogP contribution in [0.15, 0.2) is 118 Å². The van der Waals surface area contributed by atoms with Crippen LogP contribution in [0.1, 0.15) is 0 Å². The number of hydrogen-bond donors (Lipinski definition) is 0. The number of hydrogen-bond acceptors (Lipinski definition) is 1. The fraction of sp³-hybridized carbons (Fsp3) is 0. The highest BCUT2D eigenvalue weighted by atomic mass is 79.9. The molecule has 2 aromatic heterocycles. The Labute approximate surface area is 198 Å². The zero-order valence-electron chi connectivity index (χ0n) is 17.6. The number of rotatable bonds is 2. The van der Waals surface area contributed by atoms with Crippen molar-refractivity contribution in [3.63, 3.8) is 0 Å². The first kappa shape index (κ1) is 18.7. The number of para-hydroxylation sites is 3. The molecular weight excluding hydrogens is 470 g/mol. The van der Waals surface area contributed by atoms with Crippen LogP contribution in [0.2, 0.25) is 0 Å². The minimum atomic E-state index is 0.895. The van der Waals surface area contributed by atoms with E-state index in [0.717, 1.165) is 43.2 Å². The molecule has 0 aliphatic carbocycles. The Kier molecular flexibility index (Phi) is 4.02. The van der Waals surface area contributed by atoms with E-state index in [1.165, 1.54) is 21.8 Å². The maximum Gasteiger partial charge on any atom is 0.143 e. The van der Waals surface area contributed by atoms with Gasteiger partial charge in [-0.3, -0.25) is 0 Å². The molecule has 7 rings (SSSR count). The third kappa shape index (κ3) is 2.79. The van der Waals surface area contributed by atoms with Gasteiger partial charge in [0.1, 0.15) is 11.2 Å². The average molecular weight is 488 g/mol. The fourth-order valence-electron chi connectivity index (χ4n) is 4.99. The normalized spacial score (nSPS) is 11.8. The zero-order chi connectivity index (χ0) is 21.9. The van der Waals surface area contributed by atoms with Crippen molar-refractivity contribution in [1.29, 1.82) is 0 Å². The summed E-state index contributed by atoms with van der Waals surface area (Å²) >= 11 is 3.56. The van der Waals surface area contributed by atoms with Crippen molar-refractivity contribution in [3.8, 4) is 16.8 Å². The minimum absolute atomic E-state index is 0.895. The third-order valence-corrected chi connectivity index (χ3v) is 6.95. The van der Waals surface area contributed by atoms with Crippen LogP contribution in [0.25, 0.3) is 60.6 Å². The molecule has 0 bridgehead atoms. The maximum atomic E-state index is 6.37. The molecule has 0 N–H and O–H groups in total. The molecule has 0 spiro atoms. The lowest BCUT2D eigenvalue weighted by Gasteiger charge is -2.09. The Bertz CT molecular complexity index is 1830. The van der Waals surface area contributed by atoms with E-state index in [1.54, 1.807) is 0 Å². The van der Waals surface area contributed by atoms with E-state index in [2.05, 4.69) is 124 Å². The lowest BCUT2D eigenvalue weighted by Crippen LogP contribution is -1.93.